The average molecular weight is 339 g/mol. The summed E-state index contributed by atoms with van der Waals surface area (Å²) in [4.78, 5) is 16.7. The minimum absolute atomic E-state index is 0.0200. The van der Waals surface area contributed by atoms with Crippen LogP contribution in [0.15, 0.2) is 42.7 Å². The third-order valence-electron chi connectivity index (χ3n) is 3.79. The van der Waals surface area contributed by atoms with Gasteiger partial charge in [0.1, 0.15) is 5.65 Å². The molecular formula is C19H21N3OS. The lowest BCUT2D eigenvalue weighted by Crippen LogP contribution is -2.15. The molecule has 5 heteroatoms. The number of hydrogen-bond donors (Lipinski definition) is 1. The number of carbonyl (C=O) groups is 1. The van der Waals surface area contributed by atoms with E-state index in [4.69, 9.17) is 0 Å². The third-order valence-corrected chi connectivity index (χ3v) is 4.75. The van der Waals surface area contributed by atoms with Crippen LogP contribution in [-0.4, -0.2) is 21.0 Å². The first kappa shape index (κ1) is 16.6. The zero-order chi connectivity index (χ0) is 17.1. The third kappa shape index (κ3) is 3.97. The molecule has 3 aromatic rings. The van der Waals surface area contributed by atoms with Gasteiger partial charge in [-0.1, -0.05) is 23.8 Å². The van der Waals surface area contributed by atoms with Gasteiger partial charge in [-0.15, -0.1) is 11.8 Å². The number of thioether (sulfide) groups is 1. The van der Waals surface area contributed by atoms with Gasteiger partial charge >= 0.3 is 0 Å². The van der Waals surface area contributed by atoms with Crippen LogP contribution in [0.1, 0.15) is 22.4 Å². The van der Waals surface area contributed by atoms with E-state index in [1.807, 2.05) is 42.6 Å². The number of anilines is 1. The molecular weight excluding hydrogens is 318 g/mol. The molecule has 4 nitrogen and oxygen atoms in total. The molecule has 0 aliphatic rings. The largest absolute Gasteiger partial charge is 0.325 e. The molecule has 1 N–H and O–H groups in total. The van der Waals surface area contributed by atoms with Crippen molar-refractivity contribution in [1.29, 1.82) is 0 Å². The molecule has 0 aliphatic heterocycles. The summed E-state index contributed by atoms with van der Waals surface area (Å²) in [7, 11) is 0. The number of benzene rings is 1. The SMILES string of the molecule is Cc1ccc(NC(=O)CSCc2cn3cc(C)ccc3n2)c(C)c1. The van der Waals surface area contributed by atoms with Gasteiger partial charge in [0.15, 0.2) is 0 Å². The fourth-order valence-electron chi connectivity index (χ4n) is 2.61. The van der Waals surface area contributed by atoms with Crippen molar-refractivity contribution in [3.8, 4) is 0 Å². The molecule has 0 unspecified atom stereocenters. The number of hydrogen-bond acceptors (Lipinski definition) is 3. The Hall–Kier alpha value is -2.27. The number of imidazole rings is 1. The van der Waals surface area contributed by atoms with E-state index in [9.17, 15) is 4.79 Å². The van der Waals surface area contributed by atoms with Gasteiger partial charge in [0, 0.05) is 23.8 Å². The molecule has 24 heavy (non-hydrogen) atoms. The monoisotopic (exact) mass is 339 g/mol. The van der Waals surface area contributed by atoms with Crippen LogP contribution in [0.5, 0.6) is 0 Å². The number of fused-ring (bicyclic) bond motifs is 1. The first-order chi connectivity index (χ1) is 11.5. The first-order valence-corrected chi connectivity index (χ1v) is 9.06. The van der Waals surface area contributed by atoms with E-state index in [1.54, 1.807) is 11.8 Å². The van der Waals surface area contributed by atoms with Crippen LogP contribution in [0.4, 0.5) is 5.69 Å². The predicted octanol–water partition coefficient (Wildman–Crippen LogP) is 4.13. The molecule has 0 radical (unpaired) electrons. The van der Waals surface area contributed by atoms with Gasteiger partial charge < -0.3 is 9.72 Å². The van der Waals surface area contributed by atoms with Gasteiger partial charge in [0.25, 0.3) is 0 Å². The Morgan fingerprint density at radius 1 is 1.12 bits per heavy atom. The smallest absolute Gasteiger partial charge is 0.234 e. The van der Waals surface area contributed by atoms with Gasteiger partial charge in [-0.3, -0.25) is 4.79 Å². The Morgan fingerprint density at radius 3 is 2.71 bits per heavy atom. The van der Waals surface area contributed by atoms with Crippen LogP contribution in [0.2, 0.25) is 0 Å². The van der Waals surface area contributed by atoms with Crippen LogP contribution in [0.25, 0.3) is 5.65 Å². The number of rotatable bonds is 5. The number of aromatic nitrogens is 2. The van der Waals surface area contributed by atoms with Crippen molar-refractivity contribution < 1.29 is 4.79 Å². The van der Waals surface area contributed by atoms with Crippen molar-refractivity contribution >= 4 is 29.0 Å². The maximum absolute atomic E-state index is 12.1. The second kappa shape index (κ2) is 7.09. The summed E-state index contributed by atoms with van der Waals surface area (Å²) in [5.41, 5.74) is 6.30. The van der Waals surface area contributed by atoms with Crippen molar-refractivity contribution in [1.82, 2.24) is 9.38 Å². The highest BCUT2D eigenvalue weighted by molar-refractivity contribution is 7.99. The first-order valence-electron chi connectivity index (χ1n) is 7.90. The summed E-state index contributed by atoms with van der Waals surface area (Å²) in [5.74, 6) is 1.16. The zero-order valence-corrected chi connectivity index (χ0v) is 15.0. The average Bonchev–Trinajstić information content (AvgIpc) is 2.92. The highest BCUT2D eigenvalue weighted by atomic mass is 32.2. The molecule has 0 atom stereocenters. The van der Waals surface area contributed by atoms with Crippen molar-refractivity contribution in [3.63, 3.8) is 0 Å². The zero-order valence-electron chi connectivity index (χ0n) is 14.2. The summed E-state index contributed by atoms with van der Waals surface area (Å²) < 4.78 is 2.03. The van der Waals surface area contributed by atoms with E-state index in [0.717, 1.165) is 28.3 Å². The molecule has 0 fully saturated rings. The Kier molecular flexibility index (Phi) is 4.90. The highest BCUT2D eigenvalue weighted by Crippen LogP contribution is 2.18. The molecule has 0 saturated heterocycles. The van der Waals surface area contributed by atoms with E-state index in [0.29, 0.717) is 5.75 Å². The minimum Gasteiger partial charge on any atom is -0.325 e. The van der Waals surface area contributed by atoms with Crippen LogP contribution in [0, 0.1) is 20.8 Å². The fraction of sp³-hybridized carbons (Fsp3) is 0.263. The van der Waals surface area contributed by atoms with Crippen molar-refractivity contribution in [2.75, 3.05) is 11.1 Å². The number of pyridine rings is 1. The standard InChI is InChI=1S/C19H21N3OS/c1-13-4-6-17(15(3)8-13)21-19(23)12-24-11-16-10-22-9-14(2)5-7-18(22)20-16/h4-10H,11-12H2,1-3H3,(H,21,23). The summed E-state index contributed by atoms with van der Waals surface area (Å²) in [6.45, 7) is 6.12. The second-order valence-corrected chi connectivity index (χ2v) is 7.05. The summed E-state index contributed by atoms with van der Waals surface area (Å²) in [6, 6.07) is 10.1. The van der Waals surface area contributed by atoms with Gasteiger partial charge in [0.05, 0.1) is 11.4 Å². The van der Waals surface area contributed by atoms with Crippen molar-refractivity contribution in [3.05, 3.63) is 65.1 Å². The number of amides is 1. The highest BCUT2D eigenvalue weighted by Gasteiger charge is 2.07. The second-order valence-electron chi connectivity index (χ2n) is 6.06. The Balaban J connectivity index is 1.54. The van der Waals surface area contributed by atoms with Crippen LogP contribution in [-0.2, 0) is 10.5 Å². The lowest BCUT2D eigenvalue weighted by atomic mass is 10.1. The predicted molar refractivity (Wildman–Crippen MR) is 101 cm³/mol. The molecule has 1 aromatic carbocycles. The van der Waals surface area contributed by atoms with Crippen molar-refractivity contribution in [2.45, 2.75) is 26.5 Å². The lowest BCUT2D eigenvalue weighted by molar-refractivity contribution is -0.113. The van der Waals surface area contributed by atoms with Gasteiger partial charge in [-0.05, 0) is 44.0 Å². The molecule has 2 heterocycles. The van der Waals surface area contributed by atoms with Crippen LogP contribution in [0.3, 0.4) is 0 Å². The fourth-order valence-corrected chi connectivity index (χ4v) is 3.32. The van der Waals surface area contributed by atoms with E-state index in [1.165, 1.54) is 11.1 Å². The summed E-state index contributed by atoms with van der Waals surface area (Å²) in [6.07, 6.45) is 4.08. The van der Waals surface area contributed by atoms with E-state index < -0.39 is 0 Å². The minimum atomic E-state index is 0.0200. The Bertz CT molecular complexity index is 885. The Morgan fingerprint density at radius 2 is 1.92 bits per heavy atom. The molecule has 124 valence electrons. The molecule has 0 saturated carbocycles. The van der Waals surface area contributed by atoms with E-state index in [-0.39, 0.29) is 5.91 Å². The van der Waals surface area contributed by atoms with Crippen molar-refractivity contribution in [2.24, 2.45) is 0 Å². The molecule has 2 aromatic heterocycles. The summed E-state index contributed by atoms with van der Waals surface area (Å²) in [5, 5.41) is 2.97. The van der Waals surface area contributed by atoms with Crippen LogP contribution < -0.4 is 5.32 Å². The molecule has 0 bridgehead atoms. The maximum atomic E-state index is 12.1. The quantitative estimate of drug-likeness (QED) is 0.760. The van der Waals surface area contributed by atoms with Gasteiger partial charge in [-0.25, -0.2) is 4.98 Å². The molecule has 1 amide bonds. The molecule has 0 aliphatic carbocycles. The number of aryl methyl sites for hydroxylation is 3. The topological polar surface area (TPSA) is 46.4 Å². The van der Waals surface area contributed by atoms with Gasteiger partial charge in [0.2, 0.25) is 5.91 Å². The Labute approximate surface area is 146 Å². The van der Waals surface area contributed by atoms with Gasteiger partial charge in [-0.2, -0.15) is 0 Å². The summed E-state index contributed by atoms with van der Waals surface area (Å²) >= 11 is 1.57. The molecule has 0 spiro atoms. The lowest BCUT2D eigenvalue weighted by Gasteiger charge is -2.08. The normalized spacial score (nSPS) is 11.0. The maximum Gasteiger partial charge on any atom is 0.234 e. The van der Waals surface area contributed by atoms with E-state index >= 15 is 0 Å². The van der Waals surface area contributed by atoms with Crippen LogP contribution >= 0.6 is 11.8 Å². The number of nitrogens with one attached hydrogen (secondary N) is 1. The van der Waals surface area contributed by atoms with E-state index in [2.05, 4.69) is 35.6 Å². The number of nitrogens with zero attached hydrogens (tertiary/aromatic N) is 2. The number of carbonyl (C=O) groups excluding carboxylic acids is 1. The molecule has 3 rings (SSSR count).